The van der Waals surface area contributed by atoms with Crippen molar-refractivity contribution < 1.29 is 9.18 Å². The fourth-order valence-corrected chi connectivity index (χ4v) is 3.36. The van der Waals surface area contributed by atoms with Crippen LogP contribution in [0.3, 0.4) is 0 Å². The number of benzene rings is 1. The second-order valence-corrected chi connectivity index (χ2v) is 5.50. The number of nitrogens with zero attached hydrogens (tertiary/aromatic N) is 1. The predicted molar refractivity (Wildman–Crippen MR) is 72.7 cm³/mol. The van der Waals surface area contributed by atoms with Crippen LogP contribution < -0.4 is 5.32 Å². The maximum Gasteiger partial charge on any atom is 0.235 e. The lowest BCUT2D eigenvalue weighted by atomic mass is 10.0. The number of carbonyl (C=O) groups excluding carboxylic acids is 1. The summed E-state index contributed by atoms with van der Waals surface area (Å²) in [7, 11) is 0. The first-order valence-corrected chi connectivity index (χ1v) is 6.92. The number of fused-ring (bicyclic) bond motifs is 1. The van der Waals surface area contributed by atoms with Crippen molar-refractivity contribution in [2.45, 2.75) is 12.2 Å². The number of halogens is 1. The number of rotatable bonds is 1. The largest absolute Gasteiger partial charge is 0.308 e. The molecule has 2 aromatic rings. The molecule has 0 saturated carbocycles. The van der Waals surface area contributed by atoms with Gasteiger partial charge >= 0.3 is 0 Å². The Hall–Kier alpha value is -1.82. The van der Waals surface area contributed by atoms with E-state index in [1.54, 1.807) is 12.1 Å². The summed E-state index contributed by atoms with van der Waals surface area (Å²) in [5, 5.41) is 9.76. The van der Waals surface area contributed by atoms with Gasteiger partial charge in [-0.05, 0) is 24.6 Å². The van der Waals surface area contributed by atoms with E-state index >= 15 is 0 Å². The highest BCUT2D eigenvalue weighted by atomic mass is 32.2. The first kappa shape index (κ1) is 12.2. The van der Waals surface area contributed by atoms with E-state index in [4.69, 9.17) is 0 Å². The number of thioether (sulfide) groups is 1. The summed E-state index contributed by atoms with van der Waals surface area (Å²) in [5.74, 6) is 0.600. The SMILES string of the molecule is Cc1[nH]nc2c1[C@H](c1ccc(F)cc1)SCC(=O)N2. The topological polar surface area (TPSA) is 57.8 Å². The number of hydrogen-bond donors (Lipinski definition) is 2. The molecule has 1 aliphatic heterocycles. The van der Waals surface area contributed by atoms with Gasteiger partial charge in [-0.3, -0.25) is 9.89 Å². The molecule has 0 aliphatic carbocycles. The number of amides is 1. The smallest absolute Gasteiger partial charge is 0.235 e. The van der Waals surface area contributed by atoms with Crippen LogP contribution in [-0.2, 0) is 4.79 Å². The number of aryl methyl sites for hydroxylation is 1. The van der Waals surface area contributed by atoms with Crippen LogP contribution in [0.5, 0.6) is 0 Å². The Bertz CT molecular complexity index is 623. The van der Waals surface area contributed by atoms with E-state index in [0.29, 0.717) is 11.6 Å². The standard InChI is InChI=1S/C13H12FN3OS/c1-7-11-12(8-2-4-9(14)5-3-8)19-6-10(18)15-13(11)17-16-7/h2-5,12H,6H2,1H3,(H2,15,16,17,18)/t12-/m0/s1. The molecule has 0 radical (unpaired) electrons. The van der Waals surface area contributed by atoms with Crippen LogP contribution in [0.25, 0.3) is 0 Å². The van der Waals surface area contributed by atoms with Crippen LogP contribution in [0.15, 0.2) is 24.3 Å². The van der Waals surface area contributed by atoms with Crippen molar-refractivity contribution in [1.29, 1.82) is 0 Å². The van der Waals surface area contributed by atoms with Gasteiger partial charge in [0, 0.05) is 11.3 Å². The van der Waals surface area contributed by atoms with E-state index < -0.39 is 0 Å². The number of aromatic nitrogens is 2. The van der Waals surface area contributed by atoms with Gasteiger partial charge in [-0.25, -0.2) is 4.39 Å². The number of aromatic amines is 1. The number of hydrogen-bond acceptors (Lipinski definition) is 3. The monoisotopic (exact) mass is 277 g/mol. The summed E-state index contributed by atoms with van der Waals surface area (Å²) < 4.78 is 13.0. The summed E-state index contributed by atoms with van der Waals surface area (Å²) in [6.07, 6.45) is 0. The Balaban J connectivity index is 2.08. The Morgan fingerprint density at radius 2 is 2.11 bits per heavy atom. The lowest BCUT2D eigenvalue weighted by Gasteiger charge is -2.14. The number of anilines is 1. The van der Waals surface area contributed by atoms with E-state index in [9.17, 15) is 9.18 Å². The van der Waals surface area contributed by atoms with Gasteiger partial charge in [0.15, 0.2) is 5.82 Å². The molecule has 1 amide bonds. The van der Waals surface area contributed by atoms with E-state index in [2.05, 4.69) is 15.5 Å². The highest BCUT2D eigenvalue weighted by Crippen LogP contribution is 2.41. The lowest BCUT2D eigenvalue weighted by Crippen LogP contribution is -2.12. The van der Waals surface area contributed by atoms with Gasteiger partial charge in [-0.15, -0.1) is 11.8 Å². The van der Waals surface area contributed by atoms with Gasteiger partial charge in [-0.1, -0.05) is 12.1 Å². The third-order valence-electron chi connectivity index (χ3n) is 3.07. The Morgan fingerprint density at radius 3 is 2.84 bits per heavy atom. The van der Waals surface area contributed by atoms with Crippen molar-refractivity contribution in [1.82, 2.24) is 10.2 Å². The average molecular weight is 277 g/mol. The van der Waals surface area contributed by atoms with Gasteiger partial charge in [0.2, 0.25) is 5.91 Å². The minimum Gasteiger partial charge on any atom is -0.308 e. The first-order valence-electron chi connectivity index (χ1n) is 5.87. The average Bonchev–Trinajstić information content (AvgIpc) is 2.65. The minimum absolute atomic E-state index is 0.0201. The molecule has 4 nitrogen and oxygen atoms in total. The molecule has 2 N–H and O–H groups in total. The predicted octanol–water partition coefficient (Wildman–Crippen LogP) is 2.63. The van der Waals surface area contributed by atoms with Crippen molar-refractivity contribution in [2.24, 2.45) is 0 Å². The zero-order chi connectivity index (χ0) is 13.4. The van der Waals surface area contributed by atoms with Crippen LogP contribution >= 0.6 is 11.8 Å². The van der Waals surface area contributed by atoms with Crippen molar-refractivity contribution in [3.05, 3.63) is 46.9 Å². The molecule has 2 heterocycles. The Labute approximate surface area is 113 Å². The molecule has 1 aliphatic rings. The molecule has 0 bridgehead atoms. The summed E-state index contributed by atoms with van der Waals surface area (Å²) >= 11 is 1.52. The zero-order valence-corrected chi connectivity index (χ0v) is 11.1. The molecule has 0 saturated heterocycles. The molecule has 98 valence electrons. The third kappa shape index (κ3) is 2.23. The first-order chi connectivity index (χ1) is 9.15. The van der Waals surface area contributed by atoms with Crippen molar-refractivity contribution in [3.63, 3.8) is 0 Å². The molecular formula is C13H12FN3OS. The minimum atomic E-state index is -0.263. The summed E-state index contributed by atoms with van der Waals surface area (Å²) in [4.78, 5) is 11.6. The fourth-order valence-electron chi connectivity index (χ4n) is 2.16. The van der Waals surface area contributed by atoms with Crippen LogP contribution in [-0.4, -0.2) is 21.9 Å². The van der Waals surface area contributed by atoms with Crippen LogP contribution in [0, 0.1) is 12.7 Å². The maximum absolute atomic E-state index is 13.0. The fraction of sp³-hybridized carbons (Fsp3) is 0.231. The van der Waals surface area contributed by atoms with Gasteiger partial charge in [0.25, 0.3) is 0 Å². The van der Waals surface area contributed by atoms with Crippen molar-refractivity contribution in [2.75, 3.05) is 11.1 Å². The Kier molecular flexibility index (Phi) is 3.02. The summed E-state index contributed by atoms with van der Waals surface area (Å²) in [5.41, 5.74) is 2.84. The highest BCUT2D eigenvalue weighted by Gasteiger charge is 2.27. The third-order valence-corrected chi connectivity index (χ3v) is 4.34. The summed E-state index contributed by atoms with van der Waals surface area (Å²) in [6, 6.07) is 6.37. The Morgan fingerprint density at radius 1 is 1.37 bits per heavy atom. The van der Waals surface area contributed by atoms with Crippen molar-refractivity contribution in [3.8, 4) is 0 Å². The quantitative estimate of drug-likeness (QED) is 0.842. The van der Waals surface area contributed by atoms with E-state index in [1.807, 2.05) is 6.92 Å². The highest BCUT2D eigenvalue weighted by molar-refractivity contribution is 8.00. The molecule has 1 atom stereocenters. The zero-order valence-electron chi connectivity index (χ0n) is 10.2. The number of nitrogens with one attached hydrogen (secondary N) is 2. The van der Waals surface area contributed by atoms with Crippen molar-refractivity contribution >= 4 is 23.5 Å². The van der Waals surface area contributed by atoms with Crippen LogP contribution in [0.1, 0.15) is 22.1 Å². The molecule has 19 heavy (non-hydrogen) atoms. The molecular weight excluding hydrogens is 265 g/mol. The molecule has 3 rings (SSSR count). The van der Waals surface area contributed by atoms with E-state index in [0.717, 1.165) is 16.8 Å². The second-order valence-electron chi connectivity index (χ2n) is 4.40. The maximum atomic E-state index is 13.0. The lowest BCUT2D eigenvalue weighted by molar-refractivity contribution is -0.113. The molecule has 1 aromatic carbocycles. The van der Waals surface area contributed by atoms with E-state index in [1.165, 1.54) is 23.9 Å². The normalized spacial score (nSPS) is 18.6. The molecule has 0 unspecified atom stereocenters. The number of H-pyrrole nitrogens is 1. The van der Waals surface area contributed by atoms with Crippen LogP contribution in [0.4, 0.5) is 10.2 Å². The number of carbonyl (C=O) groups is 1. The van der Waals surface area contributed by atoms with Gasteiger partial charge in [-0.2, -0.15) is 5.10 Å². The van der Waals surface area contributed by atoms with Gasteiger partial charge in [0.05, 0.1) is 11.0 Å². The summed E-state index contributed by atoms with van der Waals surface area (Å²) in [6.45, 7) is 1.92. The molecule has 0 spiro atoms. The molecule has 6 heteroatoms. The van der Waals surface area contributed by atoms with Gasteiger partial charge < -0.3 is 5.32 Å². The van der Waals surface area contributed by atoms with Gasteiger partial charge in [0.1, 0.15) is 5.82 Å². The van der Waals surface area contributed by atoms with E-state index in [-0.39, 0.29) is 17.0 Å². The molecule has 1 aromatic heterocycles. The van der Waals surface area contributed by atoms with Crippen LogP contribution in [0.2, 0.25) is 0 Å². The molecule has 0 fully saturated rings. The second kappa shape index (κ2) is 4.70.